The van der Waals surface area contributed by atoms with Gasteiger partial charge in [0.15, 0.2) is 0 Å². The van der Waals surface area contributed by atoms with Gasteiger partial charge in [-0.25, -0.2) is 0 Å². The van der Waals surface area contributed by atoms with Crippen LogP contribution in [0.25, 0.3) is 0 Å². The number of halogens is 1. The number of hydrogen-bond acceptors (Lipinski definition) is 1. The Labute approximate surface area is 75.9 Å². The first-order chi connectivity index (χ1) is 4.74. The molecule has 0 aromatic heterocycles. The maximum atomic E-state index is 3.82. The molecule has 0 amide bonds. The van der Waals surface area contributed by atoms with Crippen LogP contribution in [0.3, 0.4) is 0 Å². The zero-order valence-corrected chi connectivity index (χ0v) is 8.23. The predicted molar refractivity (Wildman–Crippen MR) is 52.3 cm³/mol. The zero-order valence-electron chi connectivity index (χ0n) is 7.42. The van der Waals surface area contributed by atoms with Gasteiger partial charge in [-0.15, -0.1) is 19.0 Å². The van der Waals surface area contributed by atoms with Gasteiger partial charge < -0.3 is 4.90 Å². The van der Waals surface area contributed by atoms with E-state index >= 15 is 0 Å². The van der Waals surface area contributed by atoms with E-state index in [1.54, 1.807) is 0 Å². The van der Waals surface area contributed by atoms with E-state index in [9.17, 15) is 0 Å². The molecule has 0 saturated carbocycles. The van der Waals surface area contributed by atoms with Crippen molar-refractivity contribution < 1.29 is 0 Å². The van der Waals surface area contributed by atoms with Crippen molar-refractivity contribution in [3.8, 4) is 0 Å². The van der Waals surface area contributed by atoms with Crippen LogP contribution in [-0.4, -0.2) is 24.5 Å². The number of piperidine rings is 1. The van der Waals surface area contributed by atoms with Crippen molar-refractivity contribution in [1.82, 2.24) is 4.90 Å². The lowest BCUT2D eigenvalue weighted by atomic mass is 9.94. The lowest BCUT2D eigenvalue weighted by molar-refractivity contribution is 0.170. The van der Waals surface area contributed by atoms with Crippen LogP contribution >= 0.6 is 12.4 Å². The molecule has 0 aromatic rings. The van der Waals surface area contributed by atoms with Crippen LogP contribution in [0.2, 0.25) is 0 Å². The fraction of sp³-hybridized carbons (Fsp3) is 0.778. The molecule has 1 aliphatic rings. The maximum absolute atomic E-state index is 3.82. The molecule has 0 bridgehead atoms. The lowest BCUT2D eigenvalue weighted by Gasteiger charge is -2.33. The molecular formula is C9H18ClN. The van der Waals surface area contributed by atoms with Crippen molar-refractivity contribution in [2.24, 2.45) is 5.92 Å². The summed E-state index contributed by atoms with van der Waals surface area (Å²) in [5.74, 6) is 0.737. The summed E-state index contributed by atoms with van der Waals surface area (Å²) in [5, 5.41) is 0. The van der Waals surface area contributed by atoms with Crippen LogP contribution in [0.1, 0.15) is 19.8 Å². The Morgan fingerprint density at radius 1 is 1.45 bits per heavy atom. The first-order valence-corrected chi connectivity index (χ1v) is 4.07. The van der Waals surface area contributed by atoms with Crippen molar-refractivity contribution in [3.63, 3.8) is 0 Å². The Hall–Kier alpha value is -0.0100. The van der Waals surface area contributed by atoms with E-state index in [4.69, 9.17) is 0 Å². The van der Waals surface area contributed by atoms with Gasteiger partial charge in [0.25, 0.3) is 0 Å². The first kappa shape index (κ1) is 11.0. The molecule has 1 rings (SSSR count). The Kier molecular flexibility index (Phi) is 4.78. The van der Waals surface area contributed by atoms with E-state index in [1.807, 2.05) is 0 Å². The highest BCUT2D eigenvalue weighted by Crippen LogP contribution is 2.20. The Morgan fingerprint density at radius 3 is 2.55 bits per heavy atom. The molecule has 2 unspecified atom stereocenters. The third-order valence-corrected chi connectivity index (χ3v) is 2.56. The van der Waals surface area contributed by atoms with Gasteiger partial charge in [0, 0.05) is 12.6 Å². The summed E-state index contributed by atoms with van der Waals surface area (Å²) < 4.78 is 0. The molecule has 2 atom stereocenters. The monoisotopic (exact) mass is 175 g/mol. The largest absolute Gasteiger partial charge is 0.303 e. The fourth-order valence-corrected chi connectivity index (χ4v) is 1.51. The SMILES string of the molecule is C=CC1CCC(C)N(C)C1.Cl. The molecule has 0 aliphatic carbocycles. The topological polar surface area (TPSA) is 3.24 Å². The Balaban J connectivity index is 0.000001000. The molecule has 0 aromatic carbocycles. The van der Waals surface area contributed by atoms with Crippen molar-refractivity contribution >= 4 is 12.4 Å². The van der Waals surface area contributed by atoms with E-state index < -0.39 is 0 Å². The second-order valence-corrected chi connectivity index (χ2v) is 3.36. The van der Waals surface area contributed by atoms with Gasteiger partial charge in [-0.1, -0.05) is 6.08 Å². The minimum atomic E-state index is 0. The van der Waals surface area contributed by atoms with E-state index in [0.29, 0.717) is 0 Å². The highest BCUT2D eigenvalue weighted by molar-refractivity contribution is 5.85. The fourth-order valence-electron chi connectivity index (χ4n) is 1.51. The van der Waals surface area contributed by atoms with Crippen LogP contribution < -0.4 is 0 Å². The standard InChI is InChI=1S/C9H17N.ClH/c1-4-9-6-5-8(2)10(3)7-9;/h4,8-9H,1,5-7H2,2-3H3;1H. The van der Waals surface area contributed by atoms with Crippen LogP contribution in [-0.2, 0) is 0 Å². The van der Waals surface area contributed by atoms with Crippen molar-refractivity contribution in [3.05, 3.63) is 12.7 Å². The normalized spacial score (nSPS) is 32.5. The molecule has 1 fully saturated rings. The molecule has 0 radical (unpaired) electrons. The molecule has 66 valence electrons. The van der Waals surface area contributed by atoms with Crippen molar-refractivity contribution in [2.75, 3.05) is 13.6 Å². The van der Waals surface area contributed by atoms with Gasteiger partial charge in [0.1, 0.15) is 0 Å². The minimum Gasteiger partial charge on any atom is -0.303 e. The lowest BCUT2D eigenvalue weighted by Crippen LogP contribution is -2.37. The van der Waals surface area contributed by atoms with Gasteiger partial charge in [-0.2, -0.15) is 0 Å². The molecule has 1 heterocycles. The summed E-state index contributed by atoms with van der Waals surface area (Å²) in [7, 11) is 2.19. The highest BCUT2D eigenvalue weighted by Gasteiger charge is 2.19. The molecule has 1 saturated heterocycles. The number of likely N-dealkylation sites (tertiary alicyclic amines) is 1. The van der Waals surface area contributed by atoms with Gasteiger partial charge in [-0.05, 0) is 32.7 Å². The molecule has 2 heteroatoms. The molecule has 1 nitrogen and oxygen atoms in total. The second kappa shape index (κ2) is 4.78. The second-order valence-electron chi connectivity index (χ2n) is 3.36. The van der Waals surface area contributed by atoms with Gasteiger partial charge in [-0.3, -0.25) is 0 Å². The number of hydrogen-bond donors (Lipinski definition) is 0. The van der Waals surface area contributed by atoms with Crippen LogP contribution in [0.4, 0.5) is 0 Å². The Bertz CT molecular complexity index is 125. The average molecular weight is 176 g/mol. The summed E-state index contributed by atoms with van der Waals surface area (Å²) in [4.78, 5) is 2.41. The summed E-state index contributed by atoms with van der Waals surface area (Å²) in [5.41, 5.74) is 0. The van der Waals surface area contributed by atoms with E-state index in [1.165, 1.54) is 19.4 Å². The van der Waals surface area contributed by atoms with Gasteiger partial charge in [0.05, 0.1) is 0 Å². The molecule has 1 aliphatic heterocycles. The van der Waals surface area contributed by atoms with Crippen LogP contribution in [0.5, 0.6) is 0 Å². The minimum absolute atomic E-state index is 0. The smallest absolute Gasteiger partial charge is 0.00643 e. The van der Waals surface area contributed by atoms with Gasteiger partial charge in [0.2, 0.25) is 0 Å². The maximum Gasteiger partial charge on any atom is 0.00643 e. The number of rotatable bonds is 1. The third-order valence-electron chi connectivity index (χ3n) is 2.56. The zero-order chi connectivity index (χ0) is 7.56. The third kappa shape index (κ3) is 2.84. The van der Waals surface area contributed by atoms with Crippen LogP contribution in [0, 0.1) is 5.92 Å². The van der Waals surface area contributed by atoms with E-state index in [-0.39, 0.29) is 12.4 Å². The summed E-state index contributed by atoms with van der Waals surface area (Å²) in [6.45, 7) is 7.31. The first-order valence-electron chi connectivity index (χ1n) is 4.07. The summed E-state index contributed by atoms with van der Waals surface area (Å²) in [6, 6.07) is 0.774. The molecule has 0 N–H and O–H groups in total. The molecular weight excluding hydrogens is 158 g/mol. The summed E-state index contributed by atoms with van der Waals surface area (Å²) >= 11 is 0. The van der Waals surface area contributed by atoms with E-state index in [2.05, 4.69) is 31.5 Å². The average Bonchev–Trinajstić information content (AvgIpc) is 1.95. The van der Waals surface area contributed by atoms with Crippen molar-refractivity contribution in [1.29, 1.82) is 0 Å². The predicted octanol–water partition coefficient (Wildman–Crippen LogP) is 2.32. The highest BCUT2D eigenvalue weighted by atomic mass is 35.5. The quantitative estimate of drug-likeness (QED) is 0.553. The summed E-state index contributed by atoms with van der Waals surface area (Å²) in [6.07, 6.45) is 4.74. The van der Waals surface area contributed by atoms with Crippen molar-refractivity contribution in [2.45, 2.75) is 25.8 Å². The molecule has 0 spiro atoms. The number of nitrogens with zero attached hydrogens (tertiary/aromatic N) is 1. The van der Waals surface area contributed by atoms with Crippen LogP contribution in [0.15, 0.2) is 12.7 Å². The van der Waals surface area contributed by atoms with E-state index in [0.717, 1.165) is 12.0 Å². The van der Waals surface area contributed by atoms with Gasteiger partial charge >= 0.3 is 0 Å². The Morgan fingerprint density at radius 2 is 2.09 bits per heavy atom. The molecule has 11 heavy (non-hydrogen) atoms.